The van der Waals surface area contributed by atoms with Crippen molar-refractivity contribution >= 4 is 12.4 Å². The number of rotatable bonds is 6. The average Bonchev–Trinajstić information content (AvgIpc) is 2.29. The fourth-order valence-corrected chi connectivity index (χ4v) is 1.28. The molecule has 0 aromatic heterocycles. The van der Waals surface area contributed by atoms with Crippen LogP contribution in [0.15, 0.2) is 18.2 Å². The molecule has 0 radical (unpaired) electrons. The van der Waals surface area contributed by atoms with Crippen molar-refractivity contribution in [2.24, 2.45) is 5.73 Å². The number of benzene rings is 1. The van der Waals surface area contributed by atoms with Crippen molar-refractivity contribution in [2.45, 2.75) is 26.3 Å². The molecular weight excluding hydrogens is 226 g/mol. The summed E-state index contributed by atoms with van der Waals surface area (Å²) in [6, 6.07) is 5.79. The molecule has 0 saturated carbocycles. The first kappa shape index (κ1) is 15.1. The Kier molecular flexibility index (Phi) is 7.77. The minimum atomic E-state index is 0. The van der Waals surface area contributed by atoms with Gasteiger partial charge in [0.05, 0.1) is 13.7 Å². The molecule has 1 aromatic carbocycles. The van der Waals surface area contributed by atoms with E-state index in [2.05, 4.69) is 6.92 Å². The van der Waals surface area contributed by atoms with Gasteiger partial charge in [-0.3, -0.25) is 0 Å². The van der Waals surface area contributed by atoms with Crippen LogP contribution >= 0.6 is 12.4 Å². The molecule has 3 nitrogen and oxygen atoms in total. The molecule has 0 aliphatic rings. The van der Waals surface area contributed by atoms with Gasteiger partial charge in [-0.1, -0.05) is 19.4 Å². The smallest absolute Gasteiger partial charge is 0.161 e. The maximum absolute atomic E-state index is 5.60. The molecule has 0 fully saturated rings. The van der Waals surface area contributed by atoms with E-state index >= 15 is 0 Å². The zero-order valence-electron chi connectivity index (χ0n) is 9.86. The molecule has 4 heteroatoms. The second kappa shape index (κ2) is 8.25. The Labute approximate surface area is 103 Å². The molecule has 0 aliphatic carbocycles. The molecule has 0 amide bonds. The first-order chi connectivity index (χ1) is 7.31. The minimum Gasteiger partial charge on any atom is -0.493 e. The van der Waals surface area contributed by atoms with Crippen molar-refractivity contribution in [3.05, 3.63) is 23.8 Å². The van der Waals surface area contributed by atoms with Crippen molar-refractivity contribution in [3.63, 3.8) is 0 Å². The summed E-state index contributed by atoms with van der Waals surface area (Å²) in [7, 11) is 1.64. The molecule has 0 aliphatic heterocycles. The van der Waals surface area contributed by atoms with Crippen molar-refractivity contribution in [1.82, 2.24) is 0 Å². The Bertz CT molecular complexity index is 305. The molecule has 2 N–H and O–H groups in total. The fourth-order valence-electron chi connectivity index (χ4n) is 1.28. The molecule has 92 valence electrons. The van der Waals surface area contributed by atoms with Gasteiger partial charge in [-0.05, 0) is 24.1 Å². The van der Waals surface area contributed by atoms with Gasteiger partial charge in [-0.25, -0.2) is 0 Å². The summed E-state index contributed by atoms with van der Waals surface area (Å²) in [4.78, 5) is 0. The van der Waals surface area contributed by atoms with Crippen molar-refractivity contribution in [1.29, 1.82) is 0 Å². The van der Waals surface area contributed by atoms with E-state index < -0.39 is 0 Å². The number of unbranched alkanes of at least 4 members (excludes halogenated alkanes) is 1. The van der Waals surface area contributed by atoms with Gasteiger partial charge in [0, 0.05) is 6.54 Å². The standard InChI is InChI=1S/C12H19NO2.ClH/c1-3-4-7-15-11-6-5-10(9-13)8-12(11)14-2;/h5-6,8H,3-4,7,9,13H2,1-2H3;1H. The zero-order valence-corrected chi connectivity index (χ0v) is 10.7. The SMILES string of the molecule is CCCCOc1ccc(CN)cc1OC.Cl. The maximum Gasteiger partial charge on any atom is 0.161 e. The van der Waals surface area contributed by atoms with Crippen molar-refractivity contribution in [2.75, 3.05) is 13.7 Å². The number of nitrogens with two attached hydrogens (primary N) is 1. The van der Waals surface area contributed by atoms with Gasteiger partial charge in [0.2, 0.25) is 0 Å². The quantitative estimate of drug-likeness (QED) is 0.784. The normalized spacial score (nSPS) is 9.44. The van der Waals surface area contributed by atoms with Gasteiger partial charge in [-0.15, -0.1) is 12.4 Å². The molecular formula is C12H20ClNO2. The molecule has 0 saturated heterocycles. The lowest BCUT2D eigenvalue weighted by Crippen LogP contribution is -2.01. The van der Waals surface area contributed by atoms with Crippen LogP contribution in [0.1, 0.15) is 25.3 Å². The zero-order chi connectivity index (χ0) is 11.1. The number of methoxy groups -OCH3 is 1. The summed E-state index contributed by atoms with van der Waals surface area (Å²) in [5, 5.41) is 0. The Morgan fingerprint density at radius 2 is 2.00 bits per heavy atom. The van der Waals surface area contributed by atoms with Crippen molar-refractivity contribution in [3.8, 4) is 11.5 Å². The first-order valence-electron chi connectivity index (χ1n) is 5.31. The largest absolute Gasteiger partial charge is 0.493 e. The van der Waals surface area contributed by atoms with Crippen LogP contribution in [-0.2, 0) is 6.54 Å². The van der Waals surface area contributed by atoms with E-state index in [1.54, 1.807) is 7.11 Å². The van der Waals surface area contributed by atoms with Crippen LogP contribution in [0.4, 0.5) is 0 Å². The molecule has 1 aromatic rings. The van der Waals surface area contributed by atoms with Gasteiger partial charge in [0.1, 0.15) is 0 Å². The lowest BCUT2D eigenvalue weighted by molar-refractivity contribution is 0.288. The average molecular weight is 246 g/mol. The number of halogens is 1. The van der Waals surface area contributed by atoms with Gasteiger partial charge in [-0.2, -0.15) is 0 Å². The fraction of sp³-hybridized carbons (Fsp3) is 0.500. The van der Waals surface area contributed by atoms with Crippen molar-refractivity contribution < 1.29 is 9.47 Å². The van der Waals surface area contributed by atoms with Crippen LogP contribution in [0.3, 0.4) is 0 Å². The summed E-state index contributed by atoms with van der Waals surface area (Å²) in [5.41, 5.74) is 6.60. The third-order valence-corrected chi connectivity index (χ3v) is 2.22. The van der Waals surface area contributed by atoms with Crippen LogP contribution in [0.5, 0.6) is 11.5 Å². The van der Waals surface area contributed by atoms with Gasteiger partial charge in [0.15, 0.2) is 11.5 Å². The van der Waals surface area contributed by atoms with Crippen LogP contribution in [-0.4, -0.2) is 13.7 Å². The van der Waals surface area contributed by atoms with Crippen LogP contribution in [0, 0.1) is 0 Å². The Morgan fingerprint density at radius 3 is 2.56 bits per heavy atom. The predicted molar refractivity (Wildman–Crippen MR) is 68.5 cm³/mol. The van der Waals surface area contributed by atoms with Crippen LogP contribution < -0.4 is 15.2 Å². The van der Waals surface area contributed by atoms with E-state index in [9.17, 15) is 0 Å². The number of hydrogen-bond acceptors (Lipinski definition) is 3. The molecule has 0 unspecified atom stereocenters. The second-order valence-electron chi connectivity index (χ2n) is 3.39. The van der Waals surface area contributed by atoms with Gasteiger partial charge >= 0.3 is 0 Å². The minimum absolute atomic E-state index is 0. The van der Waals surface area contributed by atoms with E-state index in [0.29, 0.717) is 6.54 Å². The van der Waals surface area contributed by atoms with Crippen LogP contribution in [0.25, 0.3) is 0 Å². The Morgan fingerprint density at radius 1 is 1.25 bits per heavy atom. The second-order valence-corrected chi connectivity index (χ2v) is 3.39. The Hall–Kier alpha value is -0.930. The predicted octanol–water partition coefficient (Wildman–Crippen LogP) is 2.75. The maximum atomic E-state index is 5.60. The summed E-state index contributed by atoms with van der Waals surface area (Å²) in [6.07, 6.45) is 2.19. The highest BCUT2D eigenvalue weighted by Crippen LogP contribution is 2.27. The van der Waals surface area contributed by atoms with Crippen LogP contribution in [0.2, 0.25) is 0 Å². The van der Waals surface area contributed by atoms with E-state index in [1.807, 2.05) is 18.2 Å². The monoisotopic (exact) mass is 245 g/mol. The summed E-state index contributed by atoms with van der Waals surface area (Å²) in [6.45, 7) is 3.39. The summed E-state index contributed by atoms with van der Waals surface area (Å²) < 4.78 is 10.8. The summed E-state index contributed by atoms with van der Waals surface area (Å²) >= 11 is 0. The topological polar surface area (TPSA) is 44.5 Å². The lowest BCUT2D eigenvalue weighted by atomic mass is 10.2. The number of hydrogen-bond donors (Lipinski definition) is 1. The van der Waals surface area contributed by atoms with E-state index in [1.165, 1.54) is 0 Å². The molecule has 0 atom stereocenters. The summed E-state index contributed by atoms with van der Waals surface area (Å²) in [5.74, 6) is 1.55. The first-order valence-corrected chi connectivity index (χ1v) is 5.31. The highest BCUT2D eigenvalue weighted by Gasteiger charge is 2.04. The van der Waals surface area contributed by atoms with Gasteiger partial charge < -0.3 is 15.2 Å². The molecule has 1 rings (SSSR count). The van der Waals surface area contributed by atoms with E-state index in [-0.39, 0.29) is 12.4 Å². The highest BCUT2D eigenvalue weighted by molar-refractivity contribution is 5.85. The van der Waals surface area contributed by atoms with Gasteiger partial charge in [0.25, 0.3) is 0 Å². The lowest BCUT2D eigenvalue weighted by Gasteiger charge is -2.11. The third kappa shape index (κ3) is 4.29. The molecule has 0 heterocycles. The molecule has 0 spiro atoms. The van der Waals surface area contributed by atoms with E-state index in [4.69, 9.17) is 15.2 Å². The molecule has 0 bridgehead atoms. The number of ether oxygens (including phenoxy) is 2. The van der Waals surface area contributed by atoms with E-state index in [0.717, 1.165) is 36.5 Å². The molecule has 16 heavy (non-hydrogen) atoms. The third-order valence-electron chi connectivity index (χ3n) is 2.22. The highest BCUT2D eigenvalue weighted by atomic mass is 35.5. The Balaban J connectivity index is 0.00000225.